The smallest absolute Gasteiger partial charge is 0.407 e. The fourth-order valence-electron chi connectivity index (χ4n) is 1.99. The van der Waals surface area contributed by atoms with E-state index in [1.54, 1.807) is 0 Å². The highest BCUT2D eigenvalue weighted by atomic mass is 16.6. The maximum atomic E-state index is 11.7. The van der Waals surface area contributed by atoms with Crippen molar-refractivity contribution >= 4 is 6.09 Å². The van der Waals surface area contributed by atoms with E-state index in [0.29, 0.717) is 12.6 Å². The van der Waals surface area contributed by atoms with Gasteiger partial charge in [0.2, 0.25) is 0 Å². The van der Waals surface area contributed by atoms with Gasteiger partial charge in [-0.2, -0.15) is 0 Å². The van der Waals surface area contributed by atoms with Gasteiger partial charge in [0.25, 0.3) is 0 Å². The van der Waals surface area contributed by atoms with Crippen LogP contribution in [-0.4, -0.2) is 30.9 Å². The molecule has 2 rings (SSSR count). The third-order valence-electron chi connectivity index (χ3n) is 3.16. The van der Waals surface area contributed by atoms with Gasteiger partial charge in [0.05, 0.1) is 19.3 Å². The zero-order chi connectivity index (χ0) is 15.3. The average molecular weight is 292 g/mol. The Morgan fingerprint density at radius 2 is 1.86 bits per heavy atom. The van der Waals surface area contributed by atoms with Crippen molar-refractivity contribution in [3.05, 3.63) is 35.4 Å². The zero-order valence-corrected chi connectivity index (χ0v) is 12.9. The summed E-state index contributed by atoms with van der Waals surface area (Å²) in [5.41, 5.74) is 1.80. The Labute approximate surface area is 126 Å². The first kappa shape index (κ1) is 15.8. The molecule has 1 aromatic rings. The summed E-state index contributed by atoms with van der Waals surface area (Å²) in [4.78, 5) is 11.7. The fraction of sp³-hybridized carbons (Fsp3) is 0.562. The normalized spacial score (nSPS) is 15.4. The van der Waals surface area contributed by atoms with E-state index in [1.807, 2.05) is 39.0 Å². The molecule has 0 radical (unpaired) electrons. The highest BCUT2D eigenvalue weighted by molar-refractivity contribution is 5.67. The standard InChI is InChI=1S/C16H24N2O3/c1-16(2,3)21-15(19)18-9-13-7-5-4-6-12(13)8-17-14-10-20-11-14/h4-7,14,17H,8-11H2,1-3H3,(H,18,19). The van der Waals surface area contributed by atoms with Crippen molar-refractivity contribution in [2.24, 2.45) is 0 Å². The van der Waals surface area contributed by atoms with E-state index in [-0.39, 0.29) is 0 Å². The second kappa shape index (κ2) is 6.91. The van der Waals surface area contributed by atoms with Gasteiger partial charge in [-0.3, -0.25) is 0 Å². The van der Waals surface area contributed by atoms with Crippen LogP contribution in [0.1, 0.15) is 31.9 Å². The maximum absolute atomic E-state index is 11.7. The van der Waals surface area contributed by atoms with Crippen molar-refractivity contribution in [2.75, 3.05) is 13.2 Å². The van der Waals surface area contributed by atoms with Crippen molar-refractivity contribution in [2.45, 2.75) is 45.5 Å². The van der Waals surface area contributed by atoms with Gasteiger partial charge < -0.3 is 20.1 Å². The molecule has 1 aromatic carbocycles. The van der Waals surface area contributed by atoms with Crippen molar-refractivity contribution in [1.82, 2.24) is 10.6 Å². The van der Waals surface area contributed by atoms with Crippen molar-refractivity contribution < 1.29 is 14.3 Å². The molecular weight excluding hydrogens is 268 g/mol. The average Bonchev–Trinajstić information content (AvgIpc) is 2.33. The second-order valence-corrected chi connectivity index (χ2v) is 6.24. The third kappa shape index (κ3) is 5.36. The molecule has 0 aliphatic carbocycles. The van der Waals surface area contributed by atoms with Crippen LogP contribution in [0.25, 0.3) is 0 Å². The van der Waals surface area contributed by atoms with Crippen LogP contribution in [0.15, 0.2) is 24.3 Å². The molecule has 5 nitrogen and oxygen atoms in total. The van der Waals surface area contributed by atoms with Gasteiger partial charge in [0.15, 0.2) is 0 Å². The fourth-order valence-corrected chi connectivity index (χ4v) is 1.99. The number of ether oxygens (including phenoxy) is 2. The zero-order valence-electron chi connectivity index (χ0n) is 12.9. The molecule has 1 aliphatic rings. The molecule has 1 saturated heterocycles. The number of nitrogens with one attached hydrogen (secondary N) is 2. The first-order valence-electron chi connectivity index (χ1n) is 7.29. The van der Waals surface area contributed by atoms with E-state index in [4.69, 9.17) is 9.47 Å². The summed E-state index contributed by atoms with van der Waals surface area (Å²) in [6.07, 6.45) is -0.391. The van der Waals surface area contributed by atoms with Crippen LogP contribution in [0.4, 0.5) is 4.79 Å². The van der Waals surface area contributed by atoms with Crippen LogP contribution in [0.2, 0.25) is 0 Å². The van der Waals surface area contributed by atoms with Gasteiger partial charge in [-0.25, -0.2) is 4.79 Å². The highest BCUT2D eigenvalue weighted by Crippen LogP contribution is 2.11. The summed E-state index contributed by atoms with van der Waals surface area (Å²) >= 11 is 0. The van der Waals surface area contributed by atoms with E-state index in [2.05, 4.69) is 16.7 Å². The van der Waals surface area contributed by atoms with Crippen LogP contribution >= 0.6 is 0 Å². The van der Waals surface area contributed by atoms with Crippen LogP contribution < -0.4 is 10.6 Å². The summed E-state index contributed by atoms with van der Waals surface area (Å²) < 4.78 is 10.4. The third-order valence-corrected chi connectivity index (χ3v) is 3.16. The summed E-state index contributed by atoms with van der Waals surface area (Å²) in [5.74, 6) is 0. The molecule has 0 spiro atoms. The summed E-state index contributed by atoms with van der Waals surface area (Å²) in [7, 11) is 0. The molecule has 116 valence electrons. The minimum atomic E-state index is -0.477. The molecule has 0 bridgehead atoms. The quantitative estimate of drug-likeness (QED) is 0.873. The molecule has 1 aliphatic heterocycles. The Bertz CT molecular complexity index is 479. The molecule has 5 heteroatoms. The number of rotatable bonds is 5. The minimum Gasteiger partial charge on any atom is -0.444 e. The molecular formula is C16H24N2O3. The Balaban J connectivity index is 1.85. The molecule has 0 unspecified atom stereocenters. The number of benzene rings is 1. The number of carbonyl (C=O) groups excluding carboxylic acids is 1. The maximum Gasteiger partial charge on any atom is 0.407 e. The van der Waals surface area contributed by atoms with E-state index in [0.717, 1.165) is 25.3 Å². The SMILES string of the molecule is CC(C)(C)OC(=O)NCc1ccccc1CNC1COC1. The summed E-state index contributed by atoms with van der Waals surface area (Å²) in [6, 6.07) is 8.51. The van der Waals surface area contributed by atoms with Gasteiger partial charge in [-0.15, -0.1) is 0 Å². The molecule has 0 aromatic heterocycles. The highest BCUT2D eigenvalue weighted by Gasteiger charge is 2.18. The molecule has 1 fully saturated rings. The second-order valence-electron chi connectivity index (χ2n) is 6.24. The predicted octanol–water partition coefficient (Wildman–Crippen LogP) is 2.20. The van der Waals surface area contributed by atoms with E-state index in [9.17, 15) is 4.79 Å². The molecule has 0 saturated carbocycles. The van der Waals surface area contributed by atoms with Crippen LogP contribution in [0.3, 0.4) is 0 Å². The topological polar surface area (TPSA) is 59.6 Å². The van der Waals surface area contributed by atoms with Crippen LogP contribution in [-0.2, 0) is 22.6 Å². The lowest BCUT2D eigenvalue weighted by Gasteiger charge is -2.27. The number of amides is 1. The van der Waals surface area contributed by atoms with Crippen LogP contribution in [0.5, 0.6) is 0 Å². The number of hydrogen-bond acceptors (Lipinski definition) is 4. The van der Waals surface area contributed by atoms with E-state index in [1.165, 1.54) is 5.56 Å². The lowest BCUT2D eigenvalue weighted by atomic mass is 10.1. The van der Waals surface area contributed by atoms with Gasteiger partial charge in [-0.1, -0.05) is 24.3 Å². The number of hydrogen-bond donors (Lipinski definition) is 2. The molecule has 1 heterocycles. The van der Waals surface area contributed by atoms with Gasteiger partial charge in [-0.05, 0) is 31.9 Å². The monoisotopic (exact) mass is 292 g/mol. The molecule has 1 amide bonds. The Morgan fingerprint density at radius 1 is 1.24 bits per heavy atom. The Kier molecular flexibility index (Phi) is 5.20. The lowest BCUT2D eigenvalue weighted by molar-refractivity contribution is -0.00581. The van der Waals surface area contributed by atoms with Crippen LogP contribution in [0, 0.1) is 0 Å². The van der Waals surface area contributed by atoms with Crippen molar-refractivity contribution in [3.8, 4) is 0 Å². The van der Waals surface area contributed by atoms with E-state index < -0.39 is 11.7 Å². The minimum absolute atomic E-state index is 0.391. The molecule has 0 atom stereocenters. The number of alkyl carbamates (subject to hydrolysis) is 1. The number of carbonyl (C=O) groups is 1. The van der Waals surface area contributed by atoms with Gasteiger partial charge in [0, 0.05) is 13.1 Å². The Morgan fingerprint density at radius 3 is 2.38 bits per heavy atom. The lowest BCUT2D eigenvalue weighted by Crippen LogP contribution is -2.45. The molecule has 2 N–H and O–H groups in total. The van der Waals surface area contributed by atoms with Gasteiger partial charge >= 0.3 is 6.09 Å². The Hall–Kier alpha value is -1.59. The summed E-state index contributed by atoms with van der Waals surface area (Å²) in [6.45, 7) is 8.35. The molecule has 21 heavy (non-hydrogen) atoms. The predicted molar refractivity (Wildman–Crippen MR) is 81.0 cm³/mol. The first-order valence-corrected chi connectivity index (χ1v) is 7.29. The largest absolute Gasteiger partial charge is 0.444 e. The van der Waals surface area contributed by atoms with Gasteiger partial charge in [0.1, 0.15) is 5.60 Å². The van der Waals surface area contributed by atoms with E-state index >= 15 is 0 Å². The van der Waals surface area contributed by atoms with Crippen molar-refractivity contribution in [3.63, 3.8) is 0 Å². The van der Waals surface area contributed by atoms with Crippen molar-refractivity contribution in [1.29, 1.82) is 0 Å². The first-order chi connectivity index (χ1) is 9.94. The summed E-state index contributed by atoms with van der Waals surface area (Å²) in [5, 5.41) is 6.23.